The summed E-state index contributed by atoms with van der Waals surface area (Å²) in [4.78, 5) is 26.6. The summed E-state index contributed by atoms with van der Waals surface area (Å²) in [6.07, 6.45) is 0.706. The number of hydrogen-bond acceptors (Lipinski definition) is 3. The first-order valence-electron chi connectivity index (χ1n) is 8.92. The van der Waals surface area contributed by atoms with Crippen LogP contribution in [0.4, 0.5) is 10.1 Å². The number of alkyl halides is 1. The highest BCUT2D eigenvalue weighted by molar-refractivity contribution is 6.06. The fraction of sp³-hybridized carbons (Fsp3) is 0.333. The number of para-hydroxylation sites is 1. The van der Waals surface area contributed by atoms with Crippen LogP contribution >= 0.6 is 0 Å². The second-order valence-electron chi connectivity index (χ2n) is 6.94. The van der Waals surface area contributed by atoms with Gasteiger partial charge in [0.05, 0.1) is 12.7 Å². The number of anilines is 1. The Kier molecular flexibility index (Phi) is 5.44. The minimum Gasteiger partial charge on any atom is -0.496 e. The van der Waals surface area contributed by atoms with Gasteiger partial charge < -0.3 is 15.0 Å². The van der Waals surface area contributed by atoms with Crippen molar-refractivity contribution in [1.82, 2.24) is 4.90 Å². The molecule has 0 saturated carbocycles. The normalized spacial score (nSPS) is 15.9. The van der Waals surface area contributed by atoms with E-state index in [2.05, 4.69) is 5.32 Å². The second-order valence-corrected chi connectivity index (χ2v) is 6.94. The molecule has 0 unspecified atom stereocenters. The largest absolute Gasteiger partial charge is 0.496 e. The number of halogens is 1. The lowest BCUT2D eigenvalue weighted by Gasteiger charge is -2.34. The Hall–Kier alpha value is -2.89. The van der Waals surface area contributed by atoms with Crippen LogP contribution in [-0.4, -0.2) is 42.6 Å². The standard InChI is InChI=1S/C21H23FN2O3/c1-21(22)11-13-24(14-12-21)20(26)15-7-9-16(10-8-15)23-19(25)17-5-3-4-6-18(17)27-2/h3-10H,11-14H2,1-2H3,(H,23,25). The Morgan fingerprint density at radius 3 is 2.33 bits per heavy atom. The van der Waals surface area contributed by atoms with E-state index in [4.69, 9.17) is 4.74 Å². The number of rotatable bonds is 4. The molecule has 0 aliphatic carbocycles. The number of methoxy groups -OCH3 is 1. The fourth-order valence-electron chi connectivity index (χ4n) is 3.09. The van der Waals surface area contributed by atoms with Crippen LogP contribution < -0.4 is 10.1 Å². The van der Waals surface area contributed by atoms with Gasteiger partial charge in [-0.15, -0.1) is 0 Å². The maximum absolute atomic E-state index is 13.9. The van der Waals surface area contributed by atoms with E-state index in [1.54, 1.807) is 60.4 Å². The van der Waals surface area contributed by atoms with E-state index >= 15 is 0 Å². The quantitative estimate of drug-likeness (QED) is 0.888. The average molecular weight is 370 g/mol. The zero-order valence-corrected chi connectivity index (χ0v) is 15.5. The van der Waals surface area contributed by atoms with E-state index in [0.29, 0.717) is 48.5 Å². The number of ether oxygens (including phenoxy) is 1. The van der Waals surface area contributed by atoms with Crippen molar-refractivity contribution >= 4 is 17.5 Å². The van der Waals surface area contributed by atoms with Gasteiger partial charge in [0.15, 0.2) is 0 Å². The van der Waals surface area contributed by atoms with E-state index in [1.165, 1.54) is 7.11 Å². The lowest BCUT2D eigenvalue weighted by Crippen LogP contribution is -2.43. The Morgan fingerprint density at radius 1 is 1.07 bits per heavy atom. The summed E-state index contributed by atoms with van der Waals surface area (Å²) in [5.41, 5.74) is 0.344. The van der Waals surface area contributed by atoms with Gasteiger partial charge in [0.1, 0.15) is 11.4 Å². The summed E-state index contributed by atoms with van der Waals surface area (Å²) in [5, 5.41) is 2.80. The molecule has 0 bridgehead atoms. The monoisotopic (exact) mass is 370 g/mol. The van der Waals surface area contributed by atoms with Crippen LogP contribution in [0.3, 0.4) is 0 Å². The lowest BCUT2D eigenvalue weighted by molar-refractivity contribution is 0.0504. The Morgan fingerprint density at radius 2 is 1.70 bits per heavy atom. The van der Waals surface area contributed by atoms with E-state index in [0.717, 1.165) is 0 Å². The number of likely N-dealkylation sites (tertiary alicyclic amines) is 1. The molecule has 0 radical (unpaired) electrons. The highest BCUT2D eigenvalue weighted by Gasteiger charge is 2.31. The van der Waals surface area contributed by atoms with Crippen LogP contribution in [0.25, 0.3) is 0 Å². The molecule has 2 amide bonds. The number of nitrogens with one attached hydrogen (secondary N) is 1. The van der Waals surface area contributed by atoms with E-state index < -0.39 is 5.67 Å². The van der Waals surface area contributed by atoms with Crippen LogP contribution in [0.5, 0.6) is 5.75 Å². The van der Waals surface area contributed by atoms with E-state index in [-0.39, 0.29) is 11.8 Å². The third-order valence-electron chi connectivity index (χ3n) is 4.83. The molecule has 6 heteroatoms. The highest BCUT2D eigenvalue weighted by Crippen LogP contribution is 2.26. The number of amides is 2. The molecule has 1 fully saturated rings. The molecule has 0 aromatic heterocycles. The second kappa shape index (κ2) is 7.78. The molecular formula is C21H23FN2O3. The molecule has 1 aliphatic rings. The van der Waals surface area contributed by atoms with Crippen molar-refractivity contribution in [3.8, 4) is 5.75 Å². The maximum Gasteiger partial charge on any atom is 0.259 e. The van der Waals surface area contributed by atoms with Crippen molar-refractivity contribution in [3.05, 3.63) is 59.7 Å². The molecule has 27 heavy (non-hydrogen) atoms. The summed E-state index contributed by atoms with van der Waals surface area (Å²) < 4.78 is 19.1. The molecule has 2 aromatic carbocycles. The first-order chi connectivity index (χ1) is 12.9. The molecule has 1 heterocycles. The Labute approximate surface area is 158 Å². The third kappa shape index (κ3) is 4.45. The molecule has 142 valence electrons. The van der Waals surface area contributed by atoms with Gasteiger partial charge in [0.2, 0.25) is 0 Å². The molecule has 3 rings (SSSR count). The van der Waals surface area contributed by atoms with Gasteiger partial charge in [-0.2, -0.15) is 0 Å². The fourth-order valence-corrected chi connectivity index (χ4v) is 3.09. The smallest absolute Gasteiger partial charge is 0.259 e. The first kappa shape index (κ1) is 18.9. The number of nitrogens with zero attached hydrogens (tertiary/aromatic N) is 1. The summed E-state index contributed by atoms with van der Waals surface area (Å²) in [5.74, 6) is 0.0876. The number of benzene rings is 2. The maximum atomic E-state index is 13.9. The molecule has 5 nitrogen and oxygen atoms in total. The zero-order chi connectivity index (χ0) is 19.4. The summed E-state index contributed by atoms with van der Waals surface area (Å²) in [7, 11) is 1.51. The molecular weight excluding hydrogens is 347 g/mol. The molecule has 1 N–H and O–H groups in total. The number of piperidine rings is 1. The Bertz CT molecular complexity index is 824. The highest BCUT2D eigenvalue weighted by atomic mass is 19.1. The van der Waals surface area contributed by atoms with Gasteiger partial charge in [-0.1, -0.05) is 12.1 Å². The summed E-state index contributed by atoms with van der Waals surface area (Å²) in [6, 6.07) is 13.7. The van der Waals surface area contributed by atoms with E-state index in [9.17, 15) is 14.0 Å². The lowest BCUT2D eigenvalue weighted by atomic mass is 9.95. The van der Waals surface area contributed by atoms with Crippen LogP contribution in [0.15, 0.2) is 48.5 Å². The number of carbonyl (C=O) groups is 2. The van der Waals surface area contributed by atoms with Crippen molar-refractivity contribution in [3.63, 3.8) is 0 Å². The summed E-state index contributed by atoms with van der Waals surface area (Å²) in [6.45, 7) is 2.41. The predicted octanol–water partition coefficient (Wildman–Crippen LogP) is 3.91. The molecule has 0 atom stereocenters. The zero-order valence-electron chi connectivity index (χ0n) is 15.5. The minimum absolute atomic E-state index is 0.117. The van der Waals surface area contributed by atoms with Crippen molar-refractivity contribution < 1.29 is 18.7 Å². The van der Waals surface area contributed by atoms with Crippen LogP contribution in [-0.2, 0) is 0 Å². The molecule has 0 spiro atoms. The van der Waals surface area contributed by atoms with Gasteiger partial charge in [-0.05, 0) is 56.2 Å². The third-order valence-corrected chi connectivity index (χ3v) is 4.83. The average Bonchev–Trinajstić information content (AvgIpc) is 2.68. The van der Waals surface area contributed by atoms with Crippen LogP contribution in [0.1, 0.15) is 40.5 Å². The SMILES string of the molecule is COc1ccccc1C(=O)Nc1ccc(C(=O)N2CCC(C)(F)CC2)cc1. The van der Waals surface area contributed by atoms with Gasteiger partial charge in [-0.3, -0.25) is 9.59 Å². The van der Waals surface area contributed by atoms with Crippen molar-refractivity contribution in [2.45, 2.75) is 25.4 Å². The van der Waals surface area contributed by atoms with E-state index in [1.807, 2.05) is 0 Å². The topological polar surface area (TPSA) is 58.6 Å². The van der Waals surface area contributed by atoms with Gasteiger partial charge in [0.25, 0.3) is 11.8 Å². The molecule has 2 aromatic rings. The van der Waals surface area contributed by atoms with Gasteiger partial charge in [-0.25, -0.2) is 4.39 Å². The minimum atomic E-state index is -1.19. The van der Waals surface area contributed by atoms with Crippen molar-refractivity contribution in [2.75, 3.05) is 25.5 Å². The van der Waals surface area contributed by atoms with Crippen molar-refractivity contribution in [1.29, 1.82) is 0 Å². The Balaban J connectivity index is 1.65. The predicted molar refractivity (Wildman–Crippen MR) is 102 cm³/mol. The van der Waals surface area contributed by atoms with Gasteiger partial charge >= 0.3 is 0 Å². The van der Waals surface area contributed by atoms with Crippen LogP contribution in [0.2, 0.25) is 0 Å². The summed E-state index contributed by atoms with van der Waals surface area (Å²) >= 11 is 0. The van der Waals surface area contributed by atoms with Gasteiger partial charge in [0, 0.05) is 24.3 Å². The molecule has 1 saturated heterocycles. The van der Waals surface area contributed by atoms with Crippen LogP contribution in [0, 0.1) is 0 Å². The van der Waals surface area contributed by atoms with Crippen molar-refractivity contribution in [2.24, 2.45) is 0 Å². The molecule has 1 aliphatic heterocycles. The number of hydrogen-bond donors (Lipinski definition) is 1. The number of carbonyl (C=O) groups excluding carboxylic acids is 2. The first-order valence-corrected chi connectivity index (χ1v) is 8.92.